The number of aryl methyl sites for hydroxylation is 2. The number of rotatable bonds is 6. The van der Waals surface area contributed by atoms with E-state index in [0.29, 0.717) is 43.9 Å². The lowest BCUT2D eigenvalue weighted by Gasteiger charge is -2.31. The van der Waals surface area contributed by atoms with Crippen molar-refractivity contribution < 1.29 is 13.3 Å². The number of nitro groups is 1. The minimum Gasteiger partial charge on any atom is -0.362 e. The third kappa shape index (κ3) is 3.12. The zero-order valence-electron chi connectivity index (χ0n) is 13.9. The average Bonchev–Trinajstić information content (AvgIpc) is 3.34. The van der Waals surface area contributed by atoms with Crippen molar-refractivity contribution in [3.8, 4) is 0 Å². The summed E-state index contributed by atoms with van der Waals surface area (Å²) in [7, 11) is -1.45. The summed E-state index contributed by atoms with van der Waals surface area (Å²) in [5.74, 6) is 0.403. The Kier molecular flexibility index (Phi) is 4.52. The average molecular weight is 357 g/mol. The summed E-state index contributed by atoms with van der Waals surface area (Å²) in [6.45, 7) is 2.76. The molecule has 24 heavy (non-hydrogen) atoms. The normalized spacial score (nSPS) is 20.2. The molecule has 2 heterocycles. The first-order valence-electron chi connectivity index (χ1n) is 8.30. The zero-order chi connectivity index (χ0) is 17.5. The number of anilines is 1. The SMILES string of the molecule is CCc1nn(C)c(NC2CCN(S(=O)(=O)C3CC3)CC2)c1[N+](=O)[O-]. The summed E-state index contributed by atoms with van der Waals surface area (Å²) >= 11 is 0. The molecule has 0 radical (unpaired) electrons. The number of aromatic nitrogens is 2. The fourth-order valence-electron chi connectivity index (χ4n) is 3.18. The van der Waals surface area contributed by atoms with E-state index in [-0.39, 0.29) is 17.0 Å². The Morgan fingerprint density at radius 2 is 1.92 bits per heavy atom. The molecule has 9 nitrogen and oxygen atoms in total. The highest BCUT2D eigenvalue weighted by molar-refractivity contribution is 7.90. The molecule has 0 unspecified atom stereocenters. The molecule has 0 spiro atoms. The first kappa shape index (κ1) is 17.2. The molecule has 2 aliphatic rings. The summed E-state index contributed by atoms with van der Waals surface area (Å²) < 4.78 is 27.6. The second-order valence-corrected chi connectivity index (χ2v) is 8.65. The quantitative estimate of drug-likeness (QED) is 0.606. The fraction of sp³-hybridized carbons (Fsp3) is 0.786. The monoisotopic (exact) mass is 357 g/mol. The Balaban J connectivity index is 1.68. The highest BCUT2D eigenvalue weighted by atomic mass is 32.2. The Morgan fingerprint density at radius 3 is 2.42 bits per heavy atom. The van der Waals surface area contributed by atoms with Crippen LogP contribution in [0.25, 0.3) is 0 Å². The van der Waals surface area contributed by atoms with Gasteiger partial charge in [-0.15, -0.1) is 0 Å². The predicted molar refractivity (Wildman–Crippen MR) is 89.4 cm³/mol. The van der Waals surface area contributed by atoms with Crippen molar-refractivity contribution in [3.05, 3.63) is 15.8 Å². The molecular weight excluding hydrogens is 334 g/mol. The Labute approximate surface area is 141 Å². The Bertz CT molecular complexity index is 733. The number of hydrogen-bond acceptors (Lipinski definition) is 6. The lowest BCUT2D eigenvalue weighted by atomic mass is 10.1. The summed E-state index contributed by atoms with van der Waals surface area (Å²) in [5.41, 5.74) is 0.478. The summed E-state index contributed by atoms with van der Waals surface area (Å²) in [4.78, 5) is 10.9. The third-order valence-electron chi connectivity index (χ3n) is 4.71. The molecule has 0 amide bonds. The van der Waals surface area contributed by atoms with Crippen molar-refractivity contribution in [2.24, 2.45) is 7.05 Å². The van der Waals surface area contributed by atoms with E-state index >= 15 is 0 Å². The van der Waals surface area contributed by atoms with Gasteiger partial charge in [-0.2, -0.15) is 5.10 Å². The van der Waals surface area contributed by atoms with Crippen LogP contribution in [0.15, 0.2) is 0 Å². The molecule has 134 valence electrons. The molecule has 0 bridgehead atoms. The van der Waals surface area contributed by atoms with E-state index < -0.39 is 14.9 Å². The lowest BCUT2D eigenvalue weighted by Crippen LogP contribution is -2.43. The van der Waals surface area contributed by atoms with Crippen LogP contribution in [-0.4, -0.2) is 51.8 Å². The van der Waals surface area contributed by atoms with Crippen LogP contribution in [0.3, 0.4) is 0 Å². The van der Waals surface area contributed by atoms with E-state index in [1.54, 1.807) is 11.4 Å². The highest BCUT2D eigenvalue weighted by Crippen LogP contribution is 2.34. The minimum atomic E-state index is -3.13. The molecule has 0 aromatic carbocycles. The van der Waals surface area contributed by atoms with Crippen LogP contribution < -0.4 is 5.32 Å². The smallest absolute Gasteiger partial charge is 0.333 e. The predicted octanol–water partition coefficient (Wildman–Crippen LogP) is 1.26. The molecular formula is C14H23N5O4S. The van der Waals surface area contributed by atoms with E-state index in [0.717, 1.165) is 12.8 Å². The van der Waals surface area contributed by atoms with Gasteiger partial charge >= 0.3 is 5.69 Å². The van der Waals surface area contributed by atoms with E-state index in [9.17, 15) is 18.5 Å². The van der Waals surface area contributed by atoms with Crippen LogP contribution in [0.2, 0.25) is 0 Å². The molecule has 0 atom stereocenters. The molecule has 1 aromatic heterocycles. The second-order valence-electron chi connectivity index (χ2n) is 6.44. The molecule has 1 aliphatic carbocycles. The van der Waals surface area contributed by atoms with Crippen molar-refractivity contribution in [1.29, 1.82) is 0 Å². The largest absolute Gasteiger partial charge is 0.362 e. The lowest BCUT2D eigenvalue weighted by molar-refractivity contribution is -0.384. The van der Waals surface area contributed by atoms with E-state index in [2.05, 4.69) is 10.4 Å². The van der Waals surface area contributed by atoms with Crippen molar-refractivity contribution in [2.75, 3.05) is 18.4 Å². The number of nitrogens with zero attached hydrogens (tertiary/aromatic N) is 4. The Morgan fingerprint density at radius 1 is 1.29 bits per heavy atom. The maximum Gasteiger partial charge on any atom is 0.333 e. The molecule has 1 aliphatic heterocycles. The number of sulfonamides is 1. The summed E-state index contributed by atoms with van der Waals surface area (Å²) in [6.07, 6.45) is 3.29. The second kappa shape index (κ2) is 6.32. The van der Waals surface area contributed by atoms with Crippen LogP contribution in [0.1, 0.15) is 38.3 Å². The Hall–Kier alpha value is -1.68. The molecule has 1 saturated carbocycles. The van der Waals surface area contributed by atoms with Crippen molar-refractivity contribution >= 4 is 21.5 Å². The maximum atomic E-state index is 12.3. The molecule has 1 N–H and O–H groups in total. The zero-order valence-corrected chi connectivity index (χ0v) is 14.8. The van der Waals surface area contributed by atoms with Crippen molar-refractivity contribution in [3.63, 3.8) is 0 Å². The number of hydrogen-bond donors (Lipinski definition) is 1. The van der Waals surface area contributed by atoms with Gasteiger partial charge in [-0.05, 0) is 32.1 Å². The molecule has 1 aromatic rings. The summed E-state index contributed by atoms with van der Waals surface area (Å²) in [6, 6.07) is 0.00876. The van der Waals surface area contributed by atoms with Crippen LogP contribution in [0.5, 0.6) is 0 Å². The topological polar surface area (TPSA) is 110 Å². The standard InChI is InChI=1S/C14H23N5O4S/c1-3-12-13(19(20)21)14(17(2)16-12)15-10-6-8-18(9-7-10)24(22,23)11-4-5-11/h10-11,15H,3-9H2,1-2H3. The first-order valence-corrected chi connectivity index (χ1v) is 9.80. The third-order valence-corrected chi connectivity index (χ3v) is 7.11. The van der Waals surface area contributed by atoms with Crippen molar-refractivity contribution in [1.82, 2.24) is 14.1 Å². The highest BCUT2D eigenvalue weighted by Gasteiger charge is 2.41. The van der Waals surface area contributed by atoms with Gasteiger partial charge in [-0.1, -0.05) is 6.92 Å². The van der Waals surface area contributed by atoms with Crippen LogP contribution in [0.4, 0.5) is 11.5 Å². The molecule has 3 rings (SSSR count). The molecule has 2 fully saturated rings. The molecule has 1 saturated heterocycles. The van der Waals surface area contributed by atoms with E-state index in [1.807, 2.05) is 6.92 Å². The van der Waals surface area contributed by atoms with Gasteiger partial charge in [0.15, 0.2) is 0 Å². The van der Waals surface area contributed by atoms with Crippen LogP contribution >= 0.6 is 0 Å². The maximum absolute atomic E-state index is 12.3. The van der Waals surface area contributed by atoms with Gasteiger partial charge in [0.2, 0.25) is 15.8 Å². The van der Waals surface area contributed by atoms with Gasteiger partial charge in [0.25, 0.3) is 0 Å². The van der Waals surface area contributed by atoms with Crippen LogP contribution in [0, 0.1) is 10.1 Å². The minimum absolute atomic E-state index is 0.00876. The van der Waals surface area contributed by atoms with Gasteiger partial charge < -0.3 is 5.32 Å². The van der Waals surface area contributed by atoms with Crippen molar-refractivity contribution in [2.45, 2.75) is 50.3 Å². The first-order chi connectivity index (χ1) is 11.3. The summed E-state index contributed by atoms with van der Waals surface area (Å²) in [5, 5.41) is 18.6. The van der Waals surface area contributed by atoms with E-state index in [1.165, 1.54) is 4.68 Å². The number of nitrogens with one attached hydrogen (secondary N) is 1. The fourth-order valence-corrected chi connectivity index (χ4v) is 5.06. The van der Waals surface area contributed by atoms with Gasteiger partial charge in [-0.3, -0.25) is 10.1 Å². The number of piperidine rings is 1. The molecule has 10 heteroatoms. The van der Waals surface area contributed by atoms with Crippen LogP contribution in [-0.2, 0) is 23.5 Å². The van der Waals surface area contributed by atoms with E-state index in [4.69, 9.17) is 0 Å². The van der Waals surface area contributed by atoms with Gasteiger partial charge in [0, 0.05) is 26.2 Å². The van der Waals surface area contributed by atoms with Gasteiger partial charge in [0.05, 0.1) is 10.2 Å². The van der Waals surface area contributed by atoms with Gasteiger partial charge in [0.1, 0.15) is 5.69 Å². The van der Waals surface area contributed by atoms with Gasteiger partial charge in [-0.25, -0.2) is 17.4 Å².